The Morgan fingerprint density at radius 1 is 1.54 bits per heavy atom. The van der Waals surface area contributed by atoms with Gasteiger partial charge in [0.1, 0.15) is 6.10 Å². The third-order valence-corrected chi connectivity index (χ3v) is 2.13. The van der Waals surface area contributed by atoms with Crippen LogP contribution in [-0.4, -0.2) is 25.9 Å². The highest BCUT2D eigenvalue weighted by molar-refractivity contribution is 4.92. The molecule has 1 saturated heterocycles. The highest BCUT2D eigenvalue weighted by atomic mass is 16.6. The largest absolute Gasteiger partial charge is 0.379 e. The van der Waals surface area contributed by atoms with E-state index >= 15 is 0 Å². The van der Waals surface area contributed by atoms with Crippen molar-refractivity contribution in [1.82, 2.24) is 0 Å². The average molecular weight is 184 g/mol. The van der Waals surface area contributed by atoms with Crippen LogP contribution in [0.3, 0.4) is 0 Å². The van der Waals surface area contributed by atoms with Crippen LogP contribution in [0.25, 0.3) is 0 Å². The molecule has 1 aliphatic heterocycles. The quantitative estimate of drug-likeness (QED) is 0.328. The maximum atomic E-state index is 5.42. The van der Waals surface area contributed by atoms with Crippen molar-refractivity contribution >= 4 is 0 Å². The summed E-state index contributed by atoms with van der Waals surface area (Å²) in [4.78, 5) is 0. The van der Waals surface area contributed by atoms with E-state index in [1.54, 1.807) is 0 Å². The number of allylic oxidation sites excluding steroid dienone is 1. The van der Waals surface area contributed by atoms with Crippen molar-refractivity contribution in [2.75, 3.05) is 19.8 Å². The van der Waals surface area contributed by atoms with Crippen LogP contribution in [0.1, 0.15) is 32.6 Å². The molecule has 1 aliphatic rings. The Hall–Kier alpha value is -0.340. The van der Waals surface area contributed by atoms with Gasteiger partial charge in [-0.05, 0) is 19.3 Å². The smallest absolute Gasteiger partial charge is 0.104 e. The molecule has 1 fully saturated rings. The maximum Gasteiger partial charge on any atom is 0.104 e. The molecule has 0 amide bonds. The third kappa shape index (κ3) is 5.83. The van der Waals surface area contributed by atoms with E-state index in [1.807, 2.05) is 0 Å². The van der Waals surface area contributed by atoms with E-state index in [4.69, 9.17) is 9.47 Å². The average Bonchev–Trinajstić information content (AvgIpc) is 2.88. The summed E-state index contributed by atoms with van der Waals surface area (Å²) in [6, 6.07) is 0. The normalized spacial score (nSPS) is 20.2. The lowest BCUT2D eigenvalue weighted by atomic mass is 10.1. The number of epoxide rings is 1. The molecule has 0 bridgehead atoms. The van der Waals surface area contributed by atoms with Gasteiger partial charge in [-0.2, -0.15) is 0 Å². The minimum atomic E-state index is 0.402. The van der Waals surface area contributed by atoms with E-state index in [0.29, 0.717) is 6.10 Å². The lowest BCUT2D eigenvalue weighted by molar-refractivity contribution is 0.114. The third-order valence-electron chi connectivity index (χ3n) is 2.13. The fraction of sp³-hybridized carbons (Fsp3) is 0.818. The molecule has 0 N–H and O–H groups in total. The minimum absolute atomic E-state index is 0.402. The molecule has 0 aromatic rings. The lowest BCUT2D eigenvalue weighted by Crippen LogP contribution is -2.02. The zero-order valence-corrected chi connectivity index (χ0v) is 8.55. The predicted molar refractivity (Wildman–Crippen MR) is 53.8 cm³/mol. The molecular formula is C11H20O2. The molecule has 0 aromatic heterocycles. The van der Waals surface area contributed by atoms with E-state index in [0.717, 1.165) is 39.1 Å². The van der Waals surface area contributed by atoms with Gasteiger partial charge in [0, 0.05) is 6.61 Å². The summed E-state index contributed by atoms with van der Waals surface area (Å²) in [6.07, 6.45) is 4.98. The first-order valence-electron chi connectivity index (χ1n) is 5.19. The standard InChI is InChI=1S/C11H20O2/c1-3-5-10(2)6-4-7-12-8-11-9-13-11/h11H,2-9H2,1H3. The van der Waals surface area contributed by atoms with Gasteiger partial charge in [-0.3, -0.25) is 0 Å². The van der Waals surface area contributed by atoms with Gasteiger partial charge in [-0.1, -0.05) is 25.5 Å². The van der Waals surface area contributed by atoms with E-state index in [2.05, 4.69) is 13.5 Å². The van der Waals surface area contributed by atoms with Gasteiger partial charge in [0.05, 0.1) is 13.2 Å². The van der Waals surface area contributed by atoms with Crippen LogP contribution in [0.2, 0.25) is 0 Å². The molecule has 76 valence electrons. The molecule has 0 aromatic carbocycles. The van der Waals surface area contributed by atoms with Gasteiger partial charge >= 0.3 is 0 Å². The zero-order valence-electron chi connectivity index (χ0n) is 8.55. The first-order chi connectivity index (χ1) is 6.33. The molecule has 0 aliphatic carbocycles. The summed E-state index contributed by atoms with van der Waals surface area (Å²) in [6.45, 7) is 8.72. The van der Waals surface area contributed by atoms with Crippen LogP contribution in [0.4, 0.5) is 0 Å². The molecule has 0 radical (unpaired) electrons. The molecule has 1 unspecified atom stereocenters. The summed E-state index contributed by atoms with van der Waals surface area (Å²) in [5.74, 6) is 0. The Morgan fingerprint density at radius 2 is 2.31 bits per heavy atom. The molecule has 2 nitrogen and oxygen atoms in total. The van der Waals surface area contributed by atoms with Gasteiger partial charge in [0.2, 0.25) is 0 Å². The Kier molecular flexibility index (Phi) is 5.09. The number of hydrogen-bond acceptors (Lipinski definition) is 2. The van der Waals surface area contributed by atoms with Crippen LogP contribution >= 0.6 is 0 Å². The van der Waals surface area contributed by atoms with Crippen LogP contribution in [0, 0.1) is 0 Å². The van der Waals surface area contributed by atoms with Crippen molar-refractivity contribution in [1.29, 1.82) is 0 Å². The maximum absolute atomic E-state index is 5.42. The Bertz CT molecular complexity index is 150. The lowest BCUT2D eigenvalue weighted by Gasteiger charge is -2.04. The fourth-order valence-corrected chi connectivity index (χ4v) is 1.28. The molecule has 1 atom stereocenters. The van der Waals surface area contributed by atoms with Crippen molar-refractivity contribution in [3.63, 3.8) is 0 Å². The topological polar surface area (TPSA) is 21.8 Å². The Balaban J connectivity index is 1.79. The first-order valence-corrected chi connectivity index (χ1v) is 5.19. The summed E-state index contributed by atoms with van der Waals surface area (Å²) in [5.41, 5.74) is 1.36. The van der Waals surface area contributed by atoms with E-state index in [-0.39, 0.29) is 0 Å². The van der Waals surface area contributed by atoms with Crippen molar-refractivity contribution in [3.05, 3.63) is 12.2 Å². The van der Waals surface area contributed by atoms with Gasteiger partial charge in [-0.15, -0.1) is 0 Å². The minimum Gasteiger partial charge on any atom is -0.379 e. The molecule has 0 saturated carbocycles. The second-order valence-electron chi connectivity index (χ2n) is 3.63. The first kappa shape index (κ1) is 10.7. The molecule has 1 heterocycles. The summed E-state index contributed by atoms with van der Waals surface area (Å²) < 4.78 is 10.5. The number of hydrogen-bond donors (Lipinski definition) is 0. The zero-order chi connectivity index (χ0) is 9.52. The molecule has 0 spiro atoms. The monoisotopic (exact) mass is 184 g/mol. The highest BCUT2D eigenvalue weighted by Crippen LogP contribution is 2.11. The molecular weight excluding hydrogens is 164 g/mol. The van der Waals surface area contributed by atoms with Crippen molar-refractivity contribution in [2.45, 2.75) is 38.7 Å². The van der Waals surface area contributed by atoms with E-state index in [9.17, 15) is 0 Å². The SMILES string of the molecule is C=C(CCC)CCCOCC1CO1. The Morgan fingerprint density at radius 3 is 2.92 bits per heavy atom. The van der Waals surface area contributed by atoms with Gasteiger partial charge in [-0.25, -0.2) is 0 Å². The summed E-state index contributed by atoms with van der Waals surface area (Å²) >= 11 is 0. The summed E-state index contributed by atoms with van der Waals surface area (Å²) in [5, 5.41) is 0. The van der Waals surface area contributed by atoms with Crippen LogP contribution in [-0.2, 0) is 9.47 Å². The van der Waals surface area contributed by atoms with Crippen molar-refractivity contribution in [2.24, 2.45) is 0 Å². The van der Waals surface area contributed by atoms with Crippen LogP contribution in [0.5, 0.6) is 0 Å². The van der Waals surface area contributed by atoms with Crippen molar-refractivity contribution < 1.29 is 9.47 Å². The van der Waals surface area contributed by atoms with Crippen LogP contribution < -0.4 is 0 Å². The highest BCUT2D eigenvalue weighted by Gasteiger charge is 2.21. The Labute approximate surface area is 80.9 Å². The summed E-state index contributed by atoms with van der Waals surface area (Å²) in [7, 11) is 0. The second-order valence-corrected chi connectivity index (χ2v) is 3.63. The molecule has 2 heteroatoms. The molecule has 1 rings (SSSR count). The van der Waals surface area contributed by atoms with E-state index in [1.165, 1.54) is 12.0 Å². The fourth-order valence-electron chi connectivity index (χ4n) is 1.28. The number of rotatable bonds is 8. The van der Waals surface area contributed by atoms with Crippen molar-refractivity contribution in [3.8, 4) is 0 Å². The second kappa shape index (κ2) is 6.17. The number of ether oxygens (including phenoxy) is 2. The van der Waals surface area contributed by atoms with Crippen LogP contribution in [0.15, 0.2) is 12.2 Å². The van der Waals surface area contributed by atoms with Gasteiger partial charge < -0.3 is 9.47 Å². The van der Waals surface area contributed by atoms with E-state index < -0.39 is 0 Å². The predicted octanol–water partition coefficient (Wildman–Crippen LogP) is 2.54. The van der Waals surface area contributed by atoms with Gasteiger partial charge in [0.25, 0.3) is 0 Å². The van der Waals surface area contributed by atoms with Gasteiger partial charge in [0.15, 0.2) is 0 Å². The molecule has 13 heavy (non-hydrogen) atoms.